The van der Waals surface area contributed by atoms with Crippen LogP contribution in [0.3, 0.4) is 0 Å². The lowest BCUT2D eigenvalue weighted by atomic mass is 9.87. The highest BCUT2D eigenvalue weighted by Gasteiger charge is 2.32. The van der Waals surface area contributed by atoms with E-state index in [4.69, 9.17) is 4.74 Å². The van der Waals surface area contributed by atoms with Crippen LogP contribution in [0.15, 0.2) is 17.9 Å². The Morgan fingerprint density at radius 1 is 1.34 bits per heavy atom. The molecule has 3 atom stereocenters. The van der Waals surface area contributed by atoms with Crippen molar-refractivity contribution in [1.82, 2.24) is 19.9 Å². The fourth-order valence-corrected chi connectivity index (χ4v) is 4.18. The first-order valence-corrected chi connectivity index (χ1v) is 10.5. The average Bonchev–Trinajstić information content (AvgIpc) is 3.09. The van der Waals surface area contributed by atoms with E-state index in [0.717, 1.165) is 50.1 Å². The van der Waals surface area contributed by atoms with E-state index in [1.807, 2.05) is 12.2 Å². The molecule has 1 fully saturated rings. The van der Waals surface area contributed by atoms with E-state index in [1.165, 1.54) is 0 Å². The van der Waals surface area contributed by atoms with Crippen LogP contribution in [-0.2, 0) is 23.2 Å². The van der Waals surface area contributed by atoms with E-state index < -0.39 is 5.97 Å². The minimum Gasteiger partial charge on any atom is -0.493 e. The number of rotatable bonds is 8. The Morgan fingerprint density at radius 3 is 2.83 bits per heavy atom. The summed E-state index contributed by atoms with van der Waals surface area (Å²) in [5.74, 6) is -0.188. The zero-order chi connectivity index (χ0) is 21.0. The molecule has 0 bridgehead atoms. The number of unbranched alkanes of at least 4 members (excludes halogenated alkanes) is 1. The van der Waals surface area contributed by atoms with Crippen molar-refractivity contribution in [2.75, 3.05) is 6.54 Å². The summed E-state index contributed by atoms with van der Waals surface area (Å²) >= 11 is 0. The van der Waals surface area contributed by atoms with Gasteiger partial charge in [0.25, 0.3) is 0 Å². The molecule has 8 heteroatoms. The van der Waals surface area contributed by atoms with Crippen LogP contribution in [0.1, 0.15) is 63.8 Å². The second kappa shape index (κ2) is 9.43. The number of carboxylic acids is 1. The van der Waals surface area contributed by atoms with Gasteiger partial charge in [0.2, 0.25) is 0 Å². The summed E-state index contributed by atoms with van der Waals surface area (Å²) in [7, 11) is 1.78. The van der Waals surface area contributed by atoms with Gasteiger partial charge in [-0.1, -0.05) is 18.6 Å². The van der Waals surface area contributed by atoms with Crippen molar-refractivity contribution in [3.8, 4) is 0 Å². The second-order valence-electron chi connectivity index (χ2n) is 7.95. The molecule has 1 aromatic rings. The maximum Gasteiger partial charge on any atom is 0.306 e. The molecule has 2 N–H and O–H groups in total. The Hall–Kier alpha value is -2.35. The number of allylic oxidation sites excluding steroid dienone is 2. The third kappa shape index (κ3) is 4.63. The van der Waals surface area contributed by atoms with Crippen molar-refractivity contribution < 1.29 is 19.7 Å². The molecule has 0 radical (unpaired) electrons. The monoisotopic (exact) mass is 404 g/mol. The Kier molecular flexibility index (Phi) is 6.95. The smallest absolute Gasteiger partial charge is 0.306 e. The summed E-state index contributed by atoms with van der Waals surface area (Å²) in [6.45, 7) is 4.97. The number of hydrogen-bond donors (Lipinski definition) is 2. The molecule has 29 heavy (non-hydrogen) atoms. The Labute approximate surface area is 171 Å². The zero-order valence-corrected chi connectivity index (χ0v) is 17.5. The minimum atomic E-state index is -0.727. The molecule has 3 rings (SSSR count). The number of hydrogen-bond acceptors (Lipinski definition) is 6. The summed E-state index contributed by atoms with van der Waals surface area (Å²) in [5.41, 5.74) is 2.30. The zero-order valence-electron chi connectivity index (χ0n) is 17.5. The number of aliphatic hydroxyl groups is 1. The lowest BCUT2D eigenvalue weighted by Crippen LogP contribution is -2.38. The van der Waals surface area contributed by atoms with Crippen LogP contribution in [0.4, 0.5) is 0 Å². The highest BCUT2D eigenvalue weighted by molar-refractivity contribution is 5.70. The quantitative estimate of drug-likeness (QED) is 0.687. The van der Waals surface area contributed by atoms with Gasteiger partial charge in [-0.2, -0.15) is 0 Å². The highest BCUT2D eigenvalue weighted by Crippen LogP contribution is 2.34. The van der Waals surface area contributed by atoms with Gasteiger partial charge in [0, 0.05) is 13.6 Å². The molecule has 0 spiro atoms. The molecule has 2 heterocycles. The summed E-state index contributed by atoms with van der Waals surface area (Å²) in [4.78, 5) is 13.6. The van der Waals surface area contributed by atoms with Gasteiger partial charge >= 0.3 is 5.97 Å². The first kappa shape index (κ1) is 21.4. The van der Waals surface area contributed by atoms with Crippen molar-refractivity contribution in [2.45, 2.75) is 71.1 Å². The molecular weight excluding hydrogens is 372 g/mol. The standard InChI is InChI=1S/C21H32N4O4/c1-4-5-11-25-14(2)19(29-16-8-6-7-15(12-16)21(27)28)10-9-17(25)20-18(13-26)24(3)23-22-20/h9-10,14-16,26H,4-8,11-13H2,1-3H3,(H,27,28)/t14?,15-,16-/m0/s1. The molecule has 1 saturated carbocycles. The number of nitrogens with zero attached hydrogens (tertiary/aromatic N) is 4. The molecule has 0 saturated heterocycles. The topological polar surface area (TPSA) is 101 Å². The third-order valence-electron chi connectivity index (χ3n) is 5.96. The van der Waals surface area contributed by atoms with Crippen molar-refractivity contribution in [3.63, 3.8) is 0 Å². The first-order valence-electron chi connectivity index (χ1n) is 10.5. The number of aryl methyl sites for hydroxylation is 1. The summed E-state index contributed by atoms with van der Waals surface area (Å²) in [6, 6.07) is 0.000281. The summed E-state index contributed by atoms with van der Waals surface area (Å²) in [5, 5.41) is 27.4. The minimum absolute atomic E-state index is 0.000281. The maximum absolute atomic E-state index is 11.4. The third-order valence-corrected chi connectivity index (χ3v) is 5.96. The van der Waals surface area contributed by atoms with Gasteiger partial charge in [0.05, 0.1) is 36.1 Å². The van der Waals surface area contributed by atoms with Crippen LogP contribution < -0.4 is 0 Å². The van der Waals surface area contributed by atoms with Gasteiger partial charge in [-0.25, -0.2) is 4.68 Å². The molecule has 2 aliphatic rings. The van der Waals surface area contributed by atoms with Gasteiger partial charge in [0.15, 0.2) is 0 Å². The van der Waals surface area contributed by atoms with Crippen LogP contribution in [0.5, 0.6) is 0 Å². The van der Waals surface area contributed by atoms with E-state index in [0.29, 0.717) is 17.8 Å². The molecular formula is C21H32N4O4. The Balaban J connectivity index is 1.84. The molecule has 0 amide bonds. The van der Waals surface area contributed by atoms with Gasteiger partial charge in [-0.3, -0.25) is 4.79 Å². The predicted molar refractivity (Wildman–Crippen MR) is 109 cm³/mol. The number of aromatic nitrogens is 3. The van der Waals surface area contributed by atoms with Crippen molar-refractivity contribution in [3.05, 3.63) is 29.3 Å². The molecule has 160 valence electrons. The van der Waals surface area contributed by atoms with E-state index in [9.17, 15) is 15.0 Å². The van der Waals surface area contributed by atoms with Gasteiger partial charge in [-0.05, 0) is 51.2 Å². The average molecular weight is 405 g/mol. The second-order valence-corrected chi connectivity index (χ2v) is 7.95. The van der Waals surface area contributed by atoms with Crippen LogP contribution in [0.25, 0.3) is 5.70 Å². The Morgan fingerprint density at radius 2 is 2.14 bits per heavy atom. The van der Waals surface area contributed by atoms with Crippen LogP contribution in [0.2, 0.25) is 0 Å². The predicted octanol–water partition coefficient (Wildman–Crippen LogP) is 2.70. The van der Waals surface area contributed by atoms with Crippen LogP contribution >= 0.6 is 0 Å². The van der Waals surface area contributed by atoms with Gasteiger partial charge in [-0.15, -0.1) is 5.10 Å². The summed E-state index contributed by atoms with van der Waals surface area (Å²) < 4.78 is 7.90. The van der Waals surface area contributed by atoms with E-state index in [-0.39, 0.29) is 24.7 Å². The normalized spacial score (nSPS) is 24.8. The van der Waals surface area contributed by atoms with Crippen molar-refractivity contribution in [2.24, 2.45) is 13.0 Å². The van der Waals surface area contributed by atoms with Crippen molar-refractivity contribution >= 4 is 11.7 Å². The van der Waals surface area contributed by atoms with E-state index in [2.05, 4.69) is 29.1 Å². The molecule has 1 aliphatic carbocycles. The van der Waals surface area contributed by atoms with Crippen molar-refractivity contribution in [1.29, 1.82) is 0 Å². The Bertz CT molecular complexity index is 786. The highest BCUT2D eigenvalue weighted by atomic mass is 16.5. The molecule has 8 nitrogen and oxygen atoms in total. The number of aliphatic hydroxyl groups excluding tert-OH is 1. The molecule has 0 aromatic carbocycles. The van der Waals surface area contributed by atoms with E-state index >= 15 is 0 Å². The molecule has 1 aromatic heterocycles. The van der Waals surface area contributed by atoms with Gasteiger partial charge < -0.3 is 19.8 Å². The number of carbonyl (C=O) groups is 1. The fourth-order valence-electron chi connectivity index (χ4n) is 4.18. The first-order chi connectivity index (χ1) is 14.0. The van der Waals surface area contributed by atoms with E-state index in [1.54, 1.807) is 11.7 Å². The SMILES string of the molecule is CCCCN1C(c2nnn(C)c2CO)=CC=C(O[C@H]2CCC[C@H](C(=O)O)C2)C1C. The fraction of sp³-hybridized carbons (Fsp3) is 0.667. The van der Waals surface area contributed by atoms with Crippen LogP contribution in [-0.4, -0.2) is 54.8 Å². The summed E-state index contributed by atoms with van der Waals surface area (Å²) in [6.07, 6.45) is 9.01. The lowest BCUT2D eigenvalue weighted by molar-refractivity contribution is -0.144. The maximum atomic E-state index is 11.4. The lowest BCUT2D eigenvalue weighted by Gasteiger charge is -2.38. The number of carboxylic acid groups (broad SMARTS) is 1. The largest absolute Gasteiger partial charge is 0.493 e. The molecule has 1 unspecified atom stereocenters. The molecule has 1 aliphatic heterocycles. The number of aliphatic carboxylic acids is 1. The number of ether oxygens (including phenoxy) is 1. The van der Waals surface area contributed by atoms with Gasteiger partial charge in [0.1, 0.15) is 11.5 Å². The van der Waals surface area contributed by atoms with Crippen LogP contribution in [0, 0.1) is 5.92 Å².